The Bertz CT molecular complexity index is 269. The average Bonchev–Trinajstić information content (AvgIpc) is 2.01. The van der Waals surface area contributed by atoms with Crippen LogP contribution in [-0.2, 0) is 4.79 Å². The molecule has 0 spiro atoms. The Balaban J connectivity index is 4.66. The lowest BCUT2D eigenvalue weighted by molar-refractivity contribution is -0.302. The van der Waals surface area contributed by atoms with Crippen molar-refractivity contribution < 1.29 is 36.2 Å². The van der Waals surface area contributed by atoms with Gasteiger partial charge in [-0.2, -0.15) is 22.0 Å². The molecule has 0 heterocycles. The van der Waals surface area contributed by atoms with Gasteiger partial charge < -0.3 is 5.11 Å². The van der Waals surface area contributed by atoms with Crippen molar-refractivity contribution >= 4 is 5.97 Å². The van der Waals surface area contributed by atoms with Gasteiger partial charge in [-0.05, 0) is 0 Å². The van der Waals surface area contributed by atoms with Crippen molar-refractivity contribution in [2.24, 2.45) is 0 Å². The van der Waals surface area contributed by atoms with Crippen LogP contribution in [0, 0.1) is 0 Å². The lowest BCUT2D eigenvalue weighted by Crippen LogP contribution is -2.45. The van der Waals surface area contributed by atoms with Crippen LogP contribution in [0.25, 0.3) is 0 Å². The molecule has 0 radical (unpaired) electrons. The number of hydrogen-bond acceptors (Lipinski definition) is 1. The van der Waals surface area contributed by atoms with Gasteiger partial charge in [-0.15, -0.1) is 0 Å². The van der Waals surface area contributed by atoms with Gasteiger partial charge in [-0.1, -0.05) is 6.58 Å². The quantitative estimate of drug-likeness (QED) is 0.601. The van der Waals surface area contributed by atoms with Crippen LogP contribution in [0.4, 0.5) is 26.3 Å². The van der Waals surface area contributed by atoms with Crippen LogP contribution in [0.1, 0.15) is 6.42 Å². The van der Waals surface area contributed by atoms with Crippen LogP contribution in [0.5, 0.6) is 0 Å². The SMILES string of the molecule is C=C(CC(F)C(F)(F)C(F)(F)F)C(=O)O. The maximum atomic E-state index is 12.5. The number of carboxylic acid groups (broad SMARTS) is 1. The minimum Gasteiger partial charge on any atom is -0.478 e. The Morgan fingerprint density at radius 3 is 1.93 bits per heavy atom. The van der Waals surface area contributed by atoms with E-state index in [0.29, 0.717) is 0 Å². The van der Waals surface area contributed by atoms with Gasteiger partial charge in [0.1, 0.15) is 0 Å². The number of alkyl halides is 6. The molecule has 8 heteroatoms. The van der Waals surface area contributed by atoms with E-state index in [9.17, 15) is 31.1 Å². The van der Waals surface area contributed by atoms with Gasteiger partial charge in [0.2, 0.25) is 0 Å². The first kappa shape index (κ1) is 13.8. The Morgan fingerprint density at radius 2 is 1.67 bits per heavy atom. The predicted molar refractivity (Wildman–Crippen MR) is 37.3 cm³/mol. The monoisotopic (exact) mass is 236 g/mol. The maximum Gasteiger partial charge on any atom is 0.456 e. The minimum absolute atomic E-state index is 1.05. The molecule has 2 nitrogen and oxygen atoms in total. The van der Waals surface area contributed by atoms with E-state index < -0.39 is 36.2 Å². The largest absolute Gasteiger partial charge is 0.478 e. The molecule has 0 saturated heterocycles. The minimum atomic E-state index is -6.05. The zero-order valence-electron chi connectivity index (χ0n) is 7.11. The van der Waals surface area contributed by atoms with Gasteiger partial charge >= 0.3 is 18.1 Å². The first-order chi connectivity index (χ1) is 6.50. The summed E-state index contributed by atoms with van der Waals surface area (Å²) in [5.74, 6) is -7.40. The molecular weight excluding hydrogens is 230 g/mol. The third-order valence-electron chi connectivity index (χ3n) is 1.50. The molecule has 0 aliphatic carbocycles. The first-order valence-corrected chi connectivity index (χ1v) is 3.49. The molecule has 15 heavy (non-hydrogen) atoms. The normalized spacial score (nSPS) is 14.8. The fourth-order valence-electron chi connectivity index (χ4n) is 0.609. The highest BCUT2D eigenvalue weighted by Crippen LogP contribution is 2.41. The first-order valence-electron chi connectivity index (χ1n) is 3.49. The van der Waals surface area contributed by atoms with E-state index in [-0.39, 0.29) is 0 Å². The fourth-order valence-corrected chi connectivity index (χ4v) is 0.609. The molecule has 88 valence electrons. The number of carbonyl (C=O) groups is 1. The van der Waals surface area contributed by atoms with Gasteiger partial charge in [-0.3, -0.25) is 0 Å². The average molecular weight is 236 g/mol. The summed E-state index contributed by atoms with van der Waals surface area (Å²) in [7, 11) is 0. The number of hydrogen-bond donors (Lipinski definition) is 1. The zero-order valence-corrected chi connectivity index (χ0v) is 7.11. The molecule has 0 saturated carbocycles. The molecule has 0 rings (SSSR count). The molecular formula is C7H6F6O2. The molecule has 0 aromatic heterocycles. The van der Waals surface area contributed by atoms with Crippen molar-refractivity contribution in [3.8, 4) is 0 Å². The smallest absolute Gasteiger partial charge is 0.456 e. The van der Waals surface area contributed by atoms with Crippen molar-refractivity contribution in [3.63, 3.8) is 0 Å². The summed E-state index contributed by atoms with van der Waals surface area (Å²) in [4.78, 5) is 10.0. The molecule has 0 aliphatic rings. The molecule has 0 amide bonds. The highest BCUT2D eigenvalue weighted by molar-refractivity contribution is 5.85. The van der Waals surface area contributed by atoms with Crippen molar-refractivity contribution in [1.82, 2.24) is 0 Å². The van der Waals surface area contributed by atoms with Crippen LogP contribution in [0.2, 0.25) is 0 Å². The molecule has 1 unspecified atom stereocenters. The Hall–Kier alpha value is -1.21. The molecule has 1 atom stereocenters. The summed E-state index contributed by atoms with van der Waals surface area (Å²) < 4.78 is 71.6. The summed E-state index contributed by atoms with van der Waals surface area (Å²) in [6.45, 7) is 2.65. The highest BCUT2D eigenvalue weighted by atomic mass is 19.4. The molecule has 0 bridgehead atoms. The lowest BCUT2D eigenvalue weighted by atomic mass is 10.1. The number of aliphatic carboxylic acids is 1. The molecule has 0 aromatic rings. The van der Waals surface area contributed by atoms with Gasteiger partial charge in [-0.25, -0.2) is 9.18 Å². The van der Waals surface area contributed by atoms with Crippen molar-refractivity contribution in [2.45, 2.75) is 24.7 Å². The number of carboxylic acids is 1. The highest BCUT2D eigenvalue weighted by Gasteiger charge is 2.63. The van der Waals surface area contributed by atoms with E-state index in [1.54, 1.807) is 0 Å². The van der Waals surface area contributed by atoms with E-state index in [4.69, 9.17) is 5.11 Å². The van der Waals surface area contributed by atoms with E-state index in [2.05, 4.69) is 6.58 Å². The fraction of sp³-hybridized carbons (Fsp3) is 0.571. The Kier molecular flexibility index (Phi) is 3.78. The summed E-state index contributed by atoms with van der Waals surface area (Å²) in [6.07, 6.45) is -11.3. The topological polar surface area (TPSA) is 37.3 Å². The Morgan fingerprint density at radius 1 is 1.27 bits per heavy atom. The van der Waals surface area contributed by atoms with Crippen LogP contribution in [0.3, 0.4) is 0 Å². The predicted octanol–water partition coefficient (Wildman–Crippen LogP) is 2.55. The lowest BCUT2D eigenvalue weighted by Gasteiger charge is -2.22. The van der Waals surface area contributed by atoms with Crippen LogP contribution >= 0.6 is 0 Å². The van der Waals surface area contributed by atoms with Crippen LogP contribution in [-0.4, -0.2) is 29.3 Å². The van der Waals surface area contributed by atoms with Crippen molar-refractivity contribution in [3.05, 3.63) is 12.2 Å². The summed E-state index contributed by atoms with van der Waals surface area (Å²) in [5, 5.41) is 8.11. The van der Waals surface area contributed by atoms with E-state index >= 15 is 0 Å². The summed E-state index contributed by atoms with van der Waals surface area (Å²) in [6, 6.07) is 0. The number of rotatable bonds is 4. The zero-order chi connectivity index (χ0) is 12.4. The third kappa shape index (κ3) is 3.14. The second-order valence-electron chi connectivity index (χ2n) is 2.70. The van der Waals surface area contributed by atoms with Gasteiger partial charge in [0.05, 0.1) is 0 Å². The Labute approximate surface area is 80.2 Å². The van der Waals surface area contributed by atoms with Gasteiger partial charge in [0, 0.05) is 12.0 Å². The van der Waals surface area contributed by atoms with E-state index in [0.717, 1.165) is 0 Å². The second-order valence-corrected chi connectivity index (χ2v) is 2.70. The van der Waals surface area contributed by atoms with Gasteiger partial charge in [0.25, 0.3) is 0 Å². The van der Waals surface area contributed by atoms with Crippen molar-refractivity contribution in [2.75, 3.05) is 0 Å². The van der Waals surface area contributed by atoms with Gasteiger partial charge in [0.15, 0.2) is 6.17 Å². The molecule has 0 aliphatic heterocycles. The third-order valence-corrected chi connectivity index (χ3v) is 1.50. The summed E-state index contributed by atoms with van der Waals surface area (Å²) >= 11 is 0. The summed E-state index contributed by atoms with van der Waals surface area (Å²) in [5.41, 5.74) is -1.05. The molecule has 0 aromatic carbocycles. The molecule has 0 fully saturated rings. The van der Waals surface area contributed by atoms with E-state index in [1.807, 2.05) is 0 Å². The molecule has 1 N–H and O–H groups in total. The van der Waals surface area contributed by atoms with Crippen LogP contribution in [0.15, 0.2) is 12.2 Å². The standard InChI is InChI=1S/C7H6F6O2/c1-3(5(14)15)2-4(8)6(9,10)7(11,12)13/h4H,1-2H2,(H,14,15). The maximum absolute atomic E-state index is 12.5. The van der Waals surface area contributed by atoms with E-state index in [1.165, 1.54) is 0 Å². The van der Waals surface area contributed by atoms with Crippen molar-refractivity contribution in [1.29, 1.82) is 0 Å². The second kappa shape index (κ2) is 4.11. The van der Waals surface area contributed by atoms with Crippen LogP contribution < -0.4 is 0 Å². The number of halogens is 6.